The molecule has 0 spiro atoms. The van der Waals surface area contributed by atoms with Crippen molar-refractivity contribution in [2.45, 2.75) is 51.7 Å². The van der Waals surface area contributed by atoms with Crippen LogP contribution in [0.25, 0.3) is 0 Å². The lowest BCUT2D eigenvalue weighted by molar-refractivity contribution is 0.0243. The van der Waals surface area contributed by atoms with Crippen molar-refractivity contribution >= 4 is 6.09 Å². The summed E-state index contributed by atoms with van der Waals surface area (Å²) in [7, 11) is 0. The lowest BCUT2D eigenvalue weighted by atomic mass is 10.1. The van der Waals surface area contributed by atoms with Crippen molar-refractivity contribution in [3.63, 3.8) is 0 Å². The Labute approximate surface area is 107 Å². The summed E-state index contributed by atoms with van der Waals surface area (Å²) < 4.78 is 29.6. The molecule has 0 aliphatic carbocycles. The number of hydrogen-bond acceptors (Lipinski definition) is 3. The summed E-state index contributed by atoms with van der Waals surface area (Å²) in [5, 5.41) is 2.72. The van der Waals surface area contributed by atoms with Crippen LogP contribution in [0.2, 0.25) is 0 Å². The molecule has 4 nitrogen and oxygen atoms in total. The van der Waals surface area contributed by atoms with E-state index in [0.717, 1.165) is 0 Å². The van der Waals surface area contributed by atoms with Crippen LogP contribution in [0.3, 0.4) is 0 Å². The lowest BCUT2D eigenvalue weighted by Crippen LogP contribution is -2.45. The summed E-state index contributed by atoms with van der Waals surface area (Å²) in [5.74, 6) is 0. The number of piperidine rings is 1. The van der Waals surface area contributed by atoms with Crippen molar-refractivity contribution in [1.82, 2.24) is 10.2 Å². The minimum atomic E-state index is -2.30. The van der Waals surface area contributed by atoms with Crippen molar-refractivity contribution < 1.29 is 18.3 Å². The Morgan fingerprint density at radius 3 is 2.39 bits per heavy atom. The van der Waals surface area contributed by atoms with Gasteiger partial charge in [-0.15, -0.1) is 0 Å². The molecule has 106 valence electrons. The molecule has 18 heavy (non-hydrogen) atoms. The van der Waals surface area contributed by atoms with Gasteiger partial charge in [0, 0.05) is 18.6 Å². The fourth-order valence-corrected chi connectivity index (χ4v) is 1.89. The maximum atomic E-state index is 12.2. The van der Waals surface area contributed by atoms with Crippen molar-refractivity contribution in [1.29, 1.82) is 0 Å². The first-order valence-corrected chi connectivity index (χ1v) is 6.25. The normalized spacial score (nSPS) is 19.0. The van der Waals surface area contributed by atoms with Crippen LogP contribution in [0.4, 0.5) is 13.6 Å². The highest BCUT2D eigenvalue weighted by Crippen LogP contribution is 2.15. The first-order valence-electron chi connectivity index (χ1n) is 6.25. The van der Waals surface area contributed by atoms with Gasteiger partial charge in [-0.3, -0.25) is 4.90 Å². The van der Waals surface area contributed by atoms with E-state index in [1.54, 1.807) is 4.90 Å². The third-order valence-electron chi connectivity index (χ3n) is 2.68. The largest absolute Gasteiger partial charge is 0.446 e. The Hall–Kier alpha value is -0.910. The molecule has 1 N–H and O–H groups in total. The van der Waals surface area contributed by atoms with E-state index in [-0.39, 0.29) is 18.2 Å². The van der Waals surface area contributed by atoms with Crippen LogP contribution < -0.4 is 5.32 Å². The molecule has 0 aromatic carbocycles. The molecular formula is C12H22F2N2O2. The minimum Gasteiger partial charge on any atom is -0.446 e. The molecule has 0 atom stereocenters. The predicted octanol–water partition coefficient (Wildman–Crippen LogP) is 2.24. The Kier molecular flexibility index (Phi) is 5.31. The molecule has 6 heteroatoms. The number of rotatable bonds is 3. The summed E-state index contributed by atoms with van der Waals surface area (Å²) in [6.45, 7) is 6.54. The van der Waals surface area contributed by atoms with Crippen LogP contribution in [-0.4, -0.2) is 48.7 Å². The van der Waals surface area contributed by atoms with E-state index in [9.17, 15) is 13.6 Å². The third kappa shape index (κ3) is 6.14. The number of ether oxygens (including phenoxy) is 1. The smallest absolute Gasteiger partial charge is 0.407 e. The third-order valence-corrected chi connectivity index (χ3v) is 2.68. The topological polar surface area (TPSA) is 41.6 Å². The van der Waals surface area contributed by atoms with E-state index in [0.29, 0.717) is 25.9 Å². The summed E-state index contributed by atoms with van der Waals surface area (Å²) in [6, 6.07) is 0. The molecule has 1 aliphatic rings. The van der Waals surface area contributed by atoms with Gasteiger partial charge < -0.3 is 10.1 Å². The number of halogens is 2. The number of amides is 1. The molecule has 1 rings (SSSR count). The number of carbonyl (C=O) groups is 1. The maximum Gasteiger partial charge on any atom is 0.407 e. The van der Waals surface area contributed by atoms with E-state index in [2.05, 4.69) is 5.32 Å². The van der Waals surface area contributed by atoms with Gasteiger partial charge in [-0.05, 0) is 33.6 Å². The van der Waals surface area contributed by atoms with Crippen molar-refractivity contribution in [3.05, 3.63) is 0 Å². The van der Waals surface area contributed by atoms with E-state index in [1.807, 2.05) is 20.8 Å². The number of alkyl halides is 2. The van der Waals surface area contributed by atoms with E-state index >= 15 is 0 Å². The SMILES string of the molecule is CC(C)(C)NC(=O)OC1CCN(CC(F)F)CC1. The fraction of sp³-hybridized carbons (Fsp3) is 0.917. The molecule has 0 aromatic heterocycles. The standard InChI is InChI=1S/C12H22F2N2O2/c1-12(2,3)15-11(17)18-9-4-6-16(7-5-9)8-10(13)14/h9-10H,4-8H2,1-3H3,(H,15,17). The Morgan fingerprint density at radius 2 is 1.94 bits per heavy atom. The average Bonchev–Trinajstić information content (AvgIpc) is 2.17. The van der Waals surface area contributed by atoms with Gasteiger partial charge in [0.15, 0.2) is 0 Å². The lowest BCUT2D eigenvalue weighted by Gasteiger charge is -2.32. The molecule has 1 saturated heterocycles. The molecule has 1 aliphatic heterocycles. The number of carbonyl (C=O) groups excluding carboxylic acids is 1. The zero-order chi connectivity index (χ0) is 13.8. The van der Waals surface area contributed by atoms with Crippen LogP contribution >= 0.6 is 0 Å². The van der Waals surface area contributed by atoms with Crippen molar-refractivity contribution in [3.8, 4) is 0 Å². The molecule has 0 bridgehead atoms. The zero-order valence-corrected chi connectivity index (χ0v) is 11.2. The highest BCUT2D eigenvalue weighted by molar-refractivity contribution is 5.68. The van der Waals surface area contributed by atoms with Gasteiger partial charge in [0.1, 0.15) is 6.10 Å². The van der Waals surface area contributed by atoms with Crippen molar-refractivity contribution in [2.24, 2.45) is 0 Å². The first kappa shape index (κ1) is 15.1. The van der Waals surface area contributed by atoms with Crippen LogP contribution in [0.15, 0.2) is 0 Å². The maximum absolute atomic E-state index is 12.2. The van der Waals surface area contributed by atoms with Crippen LogP contribution in [-0.2, 0) is 4.74 Å². The van der Waals surface area contributed by atoms with Crippen LogP contribution in [0, 0.1) is 0 Å². The number of likely N-dealkylation sites (tertiary alicyclic amines) is 1. The number of alkyl carbamates (subject to hydrolysis) is 1. The van der Waals surface area contributed by atoms with Gasteiger partial charge >= 0.3 is 6.09 Å². The highest BCUT2D eigenvalue weighted by Gasteiger charge is 2.25. The summed E-state index contributed by atoms with van der Waals surface area (Å²) in [4.78, 5) is 13.2. The second kappa shape index (κ2) is 6.31. The van der Waals surface area contributed by atoms with Gasteiger partial charge in [0.05, 0.1) is 6.54 Å². The predicted molar refractivity (Wildman–Crippen MR) is 64.8 cm³/mol. The molecule has 0 aromatic rings. The molecule has 0 unspecified atom stereocenters. The Morgan fingerprint density at radius 1 is 1.39 bits per heavy atom. The Bertz CT molecular complexity index is 272. The van der Waals surface area contributed by atoms with Crippen LogP contribution in [0.5, 0.6) is 0 Å². The molecule has 1 heterocycles. The monoisotopic (exact) mass is 264 g/mol. The van der Waals surface area contributed by atoms with E-state index in [1.165, 1.54) is 0 Å². The number of nitrogens with one attached hydrogen (secondary N) is 1. The second-order valence-electron chi connectivity index (χ2n) is 5.67. The second-order valence-corrected chi connectivity index (χ2v) is 5.67. The van der Waals surface area contributed by atoms with Gasteiger partial charge in [0.25, 0.3) is 6.43 Å². The molecule has 0 radical (unpaired) electrons. The average molecular weight is 264 g/mol. The quantitative estimate of drug-likeness (QED) is 0.850. The van der Waals surface area contributed by atoms with Crippen molar-refractivity contribution in [2.75, 3.05) is 19.6 Å². The van der Waals surface area contributed by atoms with E-state index < -0.39 is 12.5 Å². The molecule has 1 amide bonds. The molecule has 1 fully saturated rings. The van der Waals surface area contributed by atoms with Gasteiger partial charge in [-0.2, -0.15) is 0 Å². The fourth-order valence-electron chi connectivity index (χ4n) is 1.89. The summed E-state index contributed by atoms with van der Waals surface area (Å²) in [5.41, 5.74) is -0.326. The number of hydrogen-bond donors (Lipinski definition) is 1. The van der Waals surface area contributed by atoms with E-state index in [4.69, 9.17) is 4.74 Å². The zero-order valence-electron chi connectivity index (χ0n) is 11.2. The summed E-state index contributed by atoms with van der Waals surface area (Å²) >= 11 is 0. The summed E-state index contributed by atoms with van der Waals surface area (Å²) in [6.07, 6.45) is -1.67. The Balaban J connectivity index is 2.25. The number of nitrogens with zero attached hydrogens (tertiary/aromatic N) is 1. The van der Waals surface area contributed by atoms with Gasteiger partial charge in [-0.1, -0.05) is 0 Å². The molecular weight excluding hydrogens is 242 g/mol. The van der Waals surface area contributed by atoms with Crippen LogP contribution in [0.1, 0.15) is 33.6 Å². The highest BCUT2D eigenvalue weighted by atomic mass is 19.3. The first-order chi connectivity index (χ1) is 8.26. The molecule has 0 saturated carbocycles. The van der Waals surface area contributed by atoms with Gasteiger partial charge in [0.2, 0.25) is 0 Å². The van der Waals surface area contributed by atoms with Gasteiger partial charge in [-0.25, -0.2) is 13.6 Å². The minimum absolute atomic E-state index is 0.165.